The first-order valence-electron chi connectivity index (χ1n) is 26.0. The maximum atomic E-state index is 13.9. The van der Waals surface area contributed by atoms with Gasteiger partial charge in [0.2, 0.25) is 0 Å². The zero-order valence-corrected chi connectivity index (χ0v) is 42.7. The lowest BCUT2D eigenvalue weighted by Gasteiger charge is -2.50. The quantitative estimate of drug-likeness (QED) is 0.0640. The SMILES string of the molecule is C/C=C(/C)C(=O)O[C@H]1[C@H](O)[C@@H](O)[C@H](O[C@@H]2[C@H]3OC(=O)CCCCCCCCC[C@H](CCCCC)O[C@@H]4O[C@H](C)[C@@H](O)[C@H](O)[C@H]4O[C@@H]4O[C@H](CO)[C@@H](O)[C@H](O)[C@H]4O[C@H](O[C@H]2C)[C@@H]3OC(=O)[C@@H](C)CC)O[C@@H]1C. The first-order valence-corrected chi connectivity index (χ1v) is 26.0. The van der Waals surface area contributed by atoms with E-state index in [2.05, 4.69) is 6.92 Å². The molecule has 21 heteroatoms. The third-order valence-corrected chi connectivity index (χ3v) is 14.4. The predicted octanol–water partition coefficient (Wildman–Crippen LogP) is 2.50. The molecular formula is C50H84O21. The van der Waals surface area contributed by atoms with Crippen molar-refractivity contribution < 1.29 is 102 Å². The normalized spacial score (nSPS) is 42.2. The number of aliphatic hydroxyl groups is 7. The lowest BCUT2D eigenvalue weighted by molar-refractivity contribution is -0.399. The van der Waals surface area contributed by atoms with Crippen molar-refractivity contribution in [1.82, 2.24) is 0 Å². The van der Waals surface area contributed by atoms with E-state index in [1.54, 1.807) is 27.7 Å². The highest BCUT2D eigenvalue weighted by Crippen LogP contribution is 2.38. The maximum absolute atomic E-state index is 13.9. The van der Waals surface area contributed by atoms with Gasteiger partial charge in [0.05, 0.1) is 36.9 Å². The molecule has 0 aliphatic carbocycles. The molecule has 2 bridgehead atoms. The smallest absolute Gasteiger partial charge is 0.333 e. The van der Waals surface area contributed by atoms with Gasteiger partial charge in [-0.05, 0) is 60.3 Å². The van der Waals surface area contributed by atoms with Crippen LogP contribution in [0.3, 0.4) is 0 Å². The van der Waals surface area contributed by atoms with Crippen molar-refractivity contribution in [2.24, 2.45) is 5.92 Å². The van der Waals surface area contributed by atoms with E-state index in [0.29, 0.717) is 32.1 Å². The molecule has 410 valence electrons. The van der Waals surface area contributed by atoms with E-state index < -0.39 is 153 Å². The molecule has 71 heavy (non-hydrogen) atoms. The molecule has 5 aliphatic rings. The summed E-state index contributed by atoms with van der Waals surface area (Å²) in [4.78, 5) is 40.5. The number of rotatable bonds is 12. The summed E-state index contributed by atoms with van der Waals surface area (Å²) in [6.07, 6.45) is -19.4. The fourth-order valence-corrected chi connectivity index (χ4v) is 9.42. The Balaban J connectivity index is 1.55. The standard InChI is InChI=1S/C50H84O21/c1-9-12-18-21-30-22-19-16-14-13-15-17-20-23-32(52)66-43-40(69-47-38(58)37(57)39(28(7)62-47)67-45(59)25(4)10-2)29(8)63-50(44(43)68-46(60)26(5)11-3)71-42-36(56)34(54)31(24-51)65-49(42)70-41-35(55)33(53)27(6)61-48(41)64-30/h10,26-31,33-44,47-51,53-58H,9,11-24H2,1-8H3/b25-10-/t26-,27+,28+,29-,30-,31+,33+,34+,35-,36-,37+,38+,39+,40-,41+,42+,43+,44+,47-,48-,49-,50-/m0/s1. The first-order chi connectivity index (χ1) is 33.8. The van der Waals surface area contributed by atoms with Crippen LogP contribution in [0.5, 0.6) is 0 Å². The molecule has 7 N–H and O–H groups in total. The zero-order chi connectivity index (χ0) is 52.1. The minimum Gasteiger partial charge on any atom is -0.455 e. The van der Waals surface area contributed by atoms with Crippen LogP contribution in [0.15, 0.2) is 11.6 Å². The minimum atomic E-state index is -1.92. The van der Waals surface area contributed by atoms with Crippen LogP contribution in [0.2, 0.25) is 0 Å². The van der Waals surface area contributed by atoms with Gasteiger partial charge in [0, 0.05) is 12.0 Å². The number of carbonyl (C=O) groups is 3. The van der Waals surface area contributed by atoms with Crippen LogP contribution >= 0.6 is 0 Å². The summed E-state index contributed by atoms with van der Waals surface area (Å²) in [6, 6.07) is 0. The molecule has 5 fully saturated rings. The minimum absolute atomic E-state index is 0.0407. The number of unbranched alkanes of at least 4 members (excludes halogenated alkanes) is 2. The highest BCUT2D eigenvalue weighted by molar-refractivity contribution is 5.87. The third kappa shape index (κ3) is 15.6. The second-order valence-corrected chi connectivity index (χ2v) is 19.9. The van der Waals surface area contributed by atoms with Gasteiger partial charge in [0.15, 0.2) is 43.5 Å². The Labute approximate surface area is 417 Å². The van der Waals surface area contributed by atoms with Crippen LogP contribution in [0.25, 0.3) is 0 Å². The molecule has 5 rings (SSSR count). The van der Waals surface area contributed by atoms with Crippen molar-refractivity contribution in [3.8, 4) is 0 Å². The third-order valence-electron chi connectivity index (χ3n) is 14.4. The first kappa shape index (κ1) is 59.4. The summed E-state index contributed by atoms with van der Waals surface area (Å²) < 4.78 is 68.3. The Kier molecular flexibility index (Phi) is 23.8. The molecule has 0 radical (unpaired) electrons. The van der Waals surface area contributed by atoms with E-state index in [0.717, 1.165) is 51.4 Å². The lowest BCUT2D eigenvalue weighted by atomic mass is 9.95. The second-order valence-electron chi connectivity index (χ2n) is 19.9. The van der Waals surface area contributed by atoms with Gasteiger partial charge in [-0.3, -0.25) is 9.59 Å². The predicted molar refractivity (Wildman–Crippen MR) is 249 cm³/mol. The van der Waals surface area contributed by atoms with Crippen molar-refractivity contribution >= 4 is 17.9 Å². The molecule has 0 saturated carbocycles. The van der Waals surface area contributed by atoms with Crippen molar-refractivity contribution in [3.63, 3.8) is 0 Å². The van der Waals surface area contributed by atoms with E-state index in [4.69, 9.17) is 52.1 Å². The zero-order valence-electron chi connectivity index (χ0n) is 42.7. The number of aliphatic hydroxyl groups excluding tert-OH is 7. The number of esters is 3. The summed E-state index contributed by atoms with van der Waals surface area (Å²) in [5.41, 5.74) is 0.261. The van der Waals surface area contributed by atoms with E-state index in [9.17, 15) is 50.1 Å². The fourth-order valence-electron chi connectivity index (χ4n) is 9.42. The van der Waals surface area contributed by atoms with Gasteiger partial charge in [0.1, 0.15) is 61.0 Å². The number of fused-ring (bicyclic) bond motifs is 4. The molecule has 0 amide bonds. The number of allylic oxidation sites excluding steroid dienone is 1. The van der Waals surface area contributed by atoms with E-state index in [1.807, 2.05) is 0 Å². The molecule has 0 spiro atoms. The van der Waals surface area contributed by atoms with Crippen LogP contribution in [-0.4, -0.2) is 189 Å². The van der Waals surface area contributed by atoms with Gasteiger partial charge in [-0.2, -0.15) is 0 Å². The van der Waals surface area contributed by atoms with Crippen LogP contribution in [0.1, 0.15) is 145 Å². The maximum Gasteiger partial charge on any atom is 0.333 e. The molecule has 22 atom stereocenters. The molecule has 0 aromatic carbocycles. The highest BCUT2D eigenvalue weighted by Gasteiger charge is 2.58. The monoisotopic (exact) mass is 1020 g/mol. The summed E-state index contributed by atoms with van der Waals surface area (Å²) in [5.74, 6) is -2.91. The topological polar surface area (TPSA) is 294 Å². The summed E-state index contributed by atoms with van der Waals surface area (Å²) in [5, 5.41) is 78.9. The number of hydrogen-bond acceptors (Lipinski definition) is 21. The summed E-state index contributed by atoms with van der Waals surface area (Å²) >= 11 is 0. The Morgan fingerprint density at radius 3 is 1.92 bits per heavy atom. The average molecular weight is 1020 g/mol. The molecular weight excluding hydrogens is 937 g/mol. The number of carbonyl (C=O) groups excluding carboxylic acids is 3. The van der Waals surface area contributed by atoms with Crippen molar-refractivity contribution in [1.29, 1.82) is 0 Å². The largest absolute Gasteiger partial charge is 0.455 e. The molecule has 21 nitrogen and oxygen atoms in total. The van der Waals surface area contributed by atoms with Gasteiger partial charge in [0.25, 0.3) is 0 Å². The Hall–Kier alpha value is -2.45. The average Bonchev–Trinajstić information content (AvgIpc) is 3.34. The van der Waals surface area contributed by atoms with Gasteiger partial charge < -0.3 is 87.9 Å². The van der Waals surface area contributed by atoms with Crippen molar-refractivity contribution in [2.45, 2.75) is 274 Å². The number of hydrogen-bond donors (Lipinski definition) is 7. The highest BCUT2D eigenvalue weighted by atomic mass is 16.8. The molecule has 0 unspecified atom stereocenters. The van der Waals surface area contributed by atoms with Gasteiger partial charge in [-0.1, -0.05) is 84.6 Å². The lowest BCUT2D eigenvalue weighted by Crippen LogP contribution is -2.68. The van der Waals surface area contributed by atoms with Gasteiger partial charge >= 0.3 is 17.9 Å². The molecule has 0 aromatic rings. The van der Waals surface area contributed by atoms with Crippen LogP contribution in [0.4, 0.5) is 0 Å². The molecule has 0 aromatic heterocycles. The summed E-state index contributed by atoms with van der Waals surface area (Å²) in [7, 11) is 0. The Bertz CT molecular complexity index is 1670. The van der Waals surface area contributed by atoms with Crippen molar-refractivity contribution in [2.75, 3.05) is 6.61 Å². The molecule has 5 aliphatic heterocycles. The Morgan fingerprint density at radius 2 is 1.27 bits per heavy atom. The van der Waals surface area contributed by atoms with E-state index in [-0.39, 0.29) is 18.1 Å². The van der Waals surface area contributed by atoms with Crippen molar-refractivity contribution in [3.05, 3.63) is 11.6 Å². The molecule has 5 heterocycles. The molecule has 5 saturated heterocycles. The van der Waals surface area contributed by atoms with Crippen LogP contribution < -0.4 is 0 Å². The van der Waals surface area contributed by atoms with Gasteiger partial charge in [-0.25, -0.2) is 4.79 Å². The van der Waals surface area contributed by atoms with E-state index >= 15 is 0 Å². The Morgan fingerprint density at radius 1 is 0.662 bits per heavy atom. The van der Waals surface area contributed by atoms with E-state index in [1.165, 1.54) is 26.8 Å². The number of ether oxygens (including phenoxy) is 11. The summed E-state index contributed by atoms with van der Waals surface area (Å²) in [6.45, 7) is 12.4. The second kappa shape index (κ2) is 28.4. The van der Waals surface area contributed by atoms with Crippen LogP contribution in [0, 0.1) is 5.92 Å². The van der Waals surface area contributed by atoms with Crippen LogP contribution in [-0.2, 0) is 66.5 Å². The van der Waals surface area contributed by atoms with Gasteiger partial charge in [-0.15, -0.1) is 0 Å². The fraction of sp³-hybridized carbons (Fsp3) is 0.900.